The van der Waals surface area contributed by atoms with Gasteiger partial charge in [0, 0.05) is 23.5 Å². The van der Waals surface area contributed by atoms with Crippen molar-refractivity contribution in [3.63, 3.8) is 0 Å². The van der Waals surface area contributed by atoms with Gasteiger partial charge in [0.05, 0.1) is 0 Å². The average Bonchev–Trinajstić information content (AvgIpc) is 2.46. The fourth-order valence-corrected chi connectivity index (χ4v) is 2.57. The van der Waals surface area contributed by atoms with E-state index >= 15 is 0 Å². The summed E-state index contributed by atoms with van der Waals surface area (Å²) in [5, 5.41) is 0. The molecule has 1 heterocycles. The van der Waals surface area contributed by atoms with Crippen molar-refractivity contribution in [2.45, 2.75) is 12.8 Å². The highest BCUT2D eigenvalue weighted by atomic mass is 79.9. The summed E-state index contributed by atoms with van der Waals surface area (Å²) in [6.45, 7) is 0.719. The topological polar surface area (TPSA) is 72.6 Å². The third-order valence-corrected chi connectivity index (χ3v) is 3.99. The minimum atomic E-state index is -0.524. The first-order valence-corrected chi connectivity index (χ1v) is 7.41. The number of hydrogen-bond donors (Lipinski definition) is 1. The molecule has 0 atom stereocenters. The third kappa shape index (κ3) is 4.17. The summed E-state index contributed by atoms with van der Waals surface area (Å²) in [5.74, 6) is -1.20. The number of nitrogens with zero attached hydrogens (tertiary/aromatic N) is 1. The van der Waals surface area contributed by atoms with Crippen LogP contribution in [0, 0.1) is 11.7 Å². The molecule has 1 aromatic carbocycles. The summed E-state index contributed by atoms with van der Waals surface area (Å²) >= 11 is 3.15. The van der Waals surface area contributed by atoms with Gasteiger partial charge in [-0.25, -0.2) is 4.39 Å². The minimum absolute atomic E-state index is 0.0403. The van der Waals surface area contributed by atoms with E-state index in [0.29, 0.717) is 30.4 Å². The first-order chi connectivity index (χ1) is 9.97. The van der Waals surface area contributed by atoms with Gasteiger partial charge in [-0.15, -0.1) is 0 Å². The molecular weight excluding hydrogens is 343 g/mol. The van der Waals surface area contributed by atoms with Gasteiger partial charge in [0.25, 0.3) is 5.91 Å². The van der Waals surface area contributed by atoms with E-state index in [-0.39, 0.29) is 30.1 Å². The number of amides is 2. The van der Waals surface area contributed by atoms with E-state index < -0.39 is 5.82 Å². The summed E-state index contributed by atoms with van der Waals surface area (Å²) in [7, 11) is 0. The highest BCUT2D eigenvalue weighted by molar-refractivity contribution is 9.10. The van der Waals surface area contributed by atoms with E-state index in [2.05, 4.69) is 15.9 Å². The standard InChI is InChI=1S/C14H16BrFN2O3/c15-10-1-2-12(11(16)7-10)21-8-13(19)18-5-3-9(4-6-18)14(17)20/h1-2,7,9H,3-6,8H2,(H2,17,20). The molecule has 114 valence electrons. The first-order valence-electron chi connectivity index (χ1n) is 6.62. The van der Waals surface area contributed by atoms with Crippen molar-refractivity contribution in [1.82, 2.24) is 4.90 Å². The van der Waals surface area contributed by atoms with Crippen molar-refractivity contribution in [3.05, 3.63) is 28.5 Å². The van der Waals surface area contributed by atoms with Gasteiger partial charge in [0.1, 0.15) is 0 Å². The lowest BCUT2D eigenvalue weighted by Crippen LogP contribution is -2.43. The highest BCUT2D eigenvalue weighted by Gasteiger charge is 2.26. The molecule has 0 spiro atoms. The number of rotatable bonds is 4. The normalized spacial score (nSPS) is 15.8. The molecule has 0 radical (unpaired) electrons. The van der Waals surface area contributed by atoms with Crippen LogP contribution in [-0.2, 0) is 9.59 Å². The molecule has 1 fully saturated rings. The summed E-state index contributed by atoms with van der Waals surface area (Å²) in [6.07, 6.45) is 1.13. The smallest absolute Gasteiger partial charge is 0.260 e. The summed E-state index contributed by atoms with van der Waals surface area (Å²) in [5.41, 5.74) is 5.24. The molecule has 1 saturated heterocycles. The lowest BCUT2D eigenvalue weighted by Gasteiger charge is -2.30. The van der Waals surface area contributed by atoms with E-state index in [9.17, 15) is 14.0 Å². The van der Waals surface area contributed by atoms with Crippen molar-refractivity contribution in [3.8, 4) is 5.75 Å². The van der Waals surface area contributed by atoms with Crippen molar-refractivity contribution < 1.29 is 18.7 Å². The van der Waals surface area contributed by atoms with Gasteiger partial charge in [-0.1, -0.05) is 15.9 Å². The van der Waals surface area contributed by atoms with Crippen LogP contribution in [-0.4, -0.2) is 36.4 Å². The predicted octanol–water partition coefficient (Wildman–Crippen LogP) is 1.69. The van der Waals surface area contributed by atoms with Crippen LogP contribution in [0.3, 0.4) is 0 Å². The largest absolute Gasteiger partial charge is 0.481 e. The molecule has 0 aromatic heterocycles. The molecule has 0 bridgehead atoms. The fourth-order valence-electron chi connectivity index (χ4n) is 2.24. The Hall–Kier alpha value is -1.63. The van der Waals surface area contributed by atoms with Gasteiger partial charge in [0.2, 0.25) is 5.91 Å². The van der Waals surface area contributed by atoms with Crippen LogP contribution < -0.4 is 10.5 Å². The van der Waals surface area contributed by atoms with Crippen molar-refractivity contribution in [2.75, 3.05) is 19.7 Å². The molecule has 2 N–H and O–H groups in total. The van der Waals surface area contributed by atoms with E-state index in [1.54, 1.807) is 11.0 Å². The number of likely N-dealkylation sites (tertiary alicyclic amines) is 1. The molecule has 2 rings (SSSR count). The summed E-state index contributed by atoms with van der Waals surface area (Å²) in [6, 6.07) is 4.38. The zero-order valence-electron chi connectivity index (χ0n) is 11.4. The maximum atomic E-state index is 13.6. The van der Waals surface area contributed by atoms with Crippen molar-refractivity contribution in [1.29, 1.82) is 0 Å². The Balaban J connectivity index is 1.84. The monoisotopic (exact) mass is 358 g/mol. The van der Waals surface area contributed by atoms with Gasteiger partial charge in [0.15, 0.2) is 18.2 Å². The van der Waals surface area contributed by atoms with Gasteiger partial charge >= 0.3 is 0 Å². The lowest BCUT2D eigenvalue weighted by atomic mass is 9.96. The molecule has 7 heteroatoms. The van der Waals surface area contributed by atoms with Crippen molar-refractivity contribution >= 4 is 27.7 Å². The third-order valence-electron chi connectivity index (χ3n) is 3.50. The Bertz CT molecular complexity index is 545. The Morgan fingerprint density at radius 2 is 2.05 bits per heavy atom. The van der Waals surface area contributed by atoms with Gasteiger partial charge in [-0.3, -0.25) is 9.59 Å². The van der Waals surface area contributed by atoms with Crippen LogP contribution in [0.15, 0.2) is 22.7 Å². The van der Waals surface area contributed by atoms with Gasteiger partial charge in [-0.2, -0.15) is 0 Å². The van der Waals surface area contributed by atoms with Crippen LogP contribution in [0.4, 0.5) is 4.39 Å². The van der Waals surface area contributed by atoms with Crippen molar-refractivity contribution in [2.24, 2.45) is 11.7 Å². The van der Waals surface area contributed by atoms with Gasteiger partial charge in [-0.05, 0) is 31.0 Å². The number of hydrogen-bond acceptors (Lipinski definition) is 3. The van der Waals surface area contributed by atoms with Crippen LogP contribution in [0.1, 0.15) is 12.8 Å². The molecule has 5 nitrogen and oxygen atoms in total. The Labute approximate surface area is 130 Å². The average molecular weight is 359 g/mol. The Morgan fingerprint density at radius 3 is 2.62 bits per heavy atom. The number of piperidine rings is 1. The molecule has 21 heavy (non-hydrogen) atoms. The van der Waals surface area contributed by atoms with Crippen LogP contribution >= 0.6 is 15.9 Å². The second-order valence-electron chi connectivity index (χ2n) is 4.92. The van der Waals surface area contributed by atoms with Gasteiger partial charge < -0.3 is 15.4 Å². The number of benzene rings is 1. The van der Waals surface area contributed by atoms with Crippen LogP contribution in [0.2, 0.25) is 0 Å². The number of carbonyl (C=O) groups excluding carboxylic acids is 2. The Kier molecular flexibility index (Phi) is 5.17. The summed E-state index contributed by atoms with van der Waals surface area (Å²) in [4.78, 5) is 24.6. The molecule has 0 unspecified atom stereocenters. The molecular formula is C14H16BrFN2O3. The number of halogens is 2. The summed E-state index contributed by atoms with van der Waals surface area (Å²) < 4.78 is 19.4. The number of nitrogens with two attached hydrogens (primary N) is 1. The molecule has 1 aliphatic heterocycles. The number of ether oxygens (including phenoxy) is 1. The molecule has 0 saturated carbocycles. The maximum Gasteiger partial charge on any atom is 0.260 e. The van der Waals surface area contributed by atoms with Crippen LogP contribution in [0.5, 0.6) is 5.75 Å². The second kappa shape index (κ2) is 6.89. The fraction of sp³-hybridized carbons (Fsp3) is 0.429. The van der Waals surface area contributed by atoms with Crippen LogP contribution in [0.25, 0.3) is 0 Å². The predicted molar refractivity (Wildman–Crippen MR) is 78.1 cm³/mol. The molecule has 2 amide bonds. The number of carbonyl (C=O) groups is 2. The minimum Gasteiger partial charge on any atom is -0.481 e. The van der Waals surface area contributed by atoms with E-state index in [4.69, 9.17) is 10.5 Å². The van der Waals surface area contributed by atoms with E-state index in [1.807, 2.05) is 0 Å². The SMILES string of the molecule is NC(=O)C1CCN(C(=O)COc2ccc(Br)cc2F)CC1. The quantitative estimate of drug-likeness (QED) is 0.889. The molecule has 0 aliphatic carbocycles. The first kappa shape index (κ1) is 15.8. The highest BCUT2D eigenvalue weighted by Crippen LogP contribution is 2.22. The number of primary amides is 1. The van der Waals surface area contributed by atoms with E-state index in [0.717, 1.165) is 0 Å². The zero-order chi connectivity index (χ0) is 15.4. The lowest BCUT2D eigenvalue weighted by molar-refractivity contribution is -0.136. The Morgan fingerprint density at radius 1 is 1.38 bits per heavy atom. The second-order valence-corrected chi connectivity index (χ2v) is 5.84. The maximum absolute atomic E-state index is 13.6. The van der Waals surface area contributed by atoms with E-state index in [1.165, 1.54) is 12.1 Å². The molecule has 1 aliphatic rings. The molecule has 1 aromatic rings. The zero-order valence-corrected chi connectivity index (χ0v) is 12.9.